The van der Waals surface area contributed by atoms with Gasteiger partial charge in [-0.1, -0.05) is 0 Å². The third kappa shape index (κ3) is 2.74. The van der Waals surface area contributed by atoms with E-state index in [0.29, 0.717) is 0 Å². The standard InChI is InChI=1S/C11H12FN3O2S/c1-15-6-4-9(8-15)7-14-18(16,17)11-10(12)3-2-5-13-11/h2-6,8,14H,7H2,1H3. The summed E-state index contributed by atoms with van der Waals surface area (Å²) in [4.78, 5) is 3.54. The van der Waals surface area contributed by atoms with Gasteiger partial charge in [0.15, 0.2) is 5.82 Å². The Morgan fingerprint density at radius 2 is 2.22 bits per heavy atom. The van der Waals surface area contributed by atoms with Crippen LogP contribution in [0.1, 0.15) is 5.56 Å². The number of rotatable bonds is 4. The molecule has 0 saturated carbocycles. The largest absolute Gasteiger partial charge is 0.357 e. The van der Waals surface area contributed by atoms with Crippen molar-refractivity contribution in [3.8, 4) is 0 Å². The van der Waals surface area contributed by atoms with Gasteiger partial charge in [-0.25, -0.2) is 22.5 Å². The fourth-order valence-corrected chi connectivity index (χ4v) is 2.50. The van der Waals surface area contributed by atoms with Crippen LogP contribution >= 0.6 is 0 Å². The average Bonchev–Trinajstić information content (AvgIpc) is 2.73. The molecule has 0 saturated heterocycles. The zero-order chi connectivity index (χ0) is 13.2. The first-order valence-electron chi connectivity index (χ1n) is 5.20. The summed E-state index contributed by atoms with van der Waals surface area (Å²) in [5.74, 6) is -0.863. The van der Waals surface area contributed by atoms with Crippen LogP contribution in [0.5, 0.6) is 0 Å². The summed E-state index contributed by atoms with van der Waals surface area (Å²) in [6, 6.07) is 4.17. The van der Waals surface area contributed by atoms with Crippen LogP contribution in [0.4, 0.5) is 4.39 Å². The van der Waals surface area contributed by atoms with Gasteiger partial charge in [-0.3, -0.25) is 0 Å². The molecule has 0 aromatic carbocycles. The van der Waals surface area contributed by atoms with Gasteiger partial charge >= 0.3 is 0 Å². The summed E-state index contributed by atoms with van der Waals surface area (Å²) in [7, 11) is -2.10. The van der Waals surface area contributed by atoms with Gasteiger partial charge in [0.2, 0.25) is 5.03 Å². The van der Waals surface area contributed by atoms with E-state index in [4.69, 9.17) is 0 Å². The molecule has 0 radical (unpaired) electrons. The molecule has 0 bridgehead atoms. The Hall–Kier alpha value is -1.73. The van der Waals surface area contributed by atoms with Crippen molar-refractivity contribution in [1.29, 1.82) is 0 Å². The lowest BCUT2D eigenvalue weighted by Gasteiger charge is -2.05. The lowest BCUT2D eigenvalue weighted by Crippen LogP contribution is -2.25. The van der Waals surface area contributed by atoms with Crippen LogP contribution in [0.2, 0.25) is 0 Å². The van der Waals surface area contributed by atoms with Gasteiger partial charge in [-0.2, -0.15) is 0 Å². The van der Waals surface area contributed by atoms with Crippen molar-refractivity contribution in [1.82, 2.24) is 14.3 Å². The molecule has 2 aromatic heterocycles. The zero-order valence-electron chi connectivity index (χ0n) is 9.67. The molecule has 0 aliphatic heterocycles. The fraction of sp³-hybridized carbons (Fsp3) is 0.182. The van der Waals surface area contributed by atoms with E-state index in [9.17, 15) is 12.8 Å². The van der Waals surface area contributed by atoms with Crippen LogP contribution < -0.4 is 4.72 Å². The first kappa shape index (κ1) is 12.7. The van der Waals surface area contributed by atoms with E-state index in [2.05, 4.69) is 9.71 Å². The number of nitrogens with one attached hydrogen (secondary N) is 1. The lowest BCUT2D eigenvalue weighted by molar-refractivity contribution is 0.544. The molecule has 0 unspecified atom stereocenters. The van der Waals surface area contributed by atoms with Crippen LogP contribution in [0.15, 0.2) is 41.8 Å². The molecule has 0 atom stereocenters. The number of aromatic nitrogens is 2. The van der Waals surface area contributed by atoms with Crippen molar-refractivity contribution in [3.05, 3.63) is 48.2 Å². The number of hydrogen-bond donors (Lipinski definition) is 1. The first-order valence-corrected chi connectivity index (χ1v) is 6.68. The highest BCUT2D eigenvalue weighted by molar-refractivity contribution is 7.89. The third-order valence-electron chi connectivity index (χ3n) is 2.34. The van der Waals surface area contributed by atoms with Crippen LogP contribution in [0.3, 0.4) is 0 Å². The van der Waals surface area contributed by atoms with Gasteiger partial charge in [0.25, 0.3) is 10.0 Å². The van der Waals surface area contributed by atoms with Gasteiger partial charge in [-0.15, -0.1) is 0 Å². The maximum atomic E-state index is 13.3. The second-order valence-electron chi connectivity index (χ2n) is 3.80. The fourth-order valence-electron chi connectivity index (χ4n) is 1.48. The number of hydrogen-bond acceptors (Lipinski definition) is 3. The van der Waals surface area contributed by atoms with Gasteiger partial charge in [0.05, 0.1) is 0 Å². The minimum Gasteiger partial charge on any atom is -0.357 e. The highest BCUT2D eigenvalue weighted by Crippen LogP contribution is 2.10. The second-order valence-corrected chi connectivity index (χ2v) is 5.48. The Morgan fingerprint density at radius 3 is 2.83 bits per heavy atom. The van der Waals surface area contributed by atoms with Gasteiger partial charge in [-0.05, 0) is 23.8 Å². The summed E-state index contributed by atoms with van der Waals surface area (Å²) in [5.41, 5.74) is 0.789. The van der Waals surface area contributed by atoms with Crippen molar-refractivity contribution in [2.24, 2.45) is 7.05 Å². The number of aryl methyl sites for hydroxylation is 1. The van der Waals surface area contributed by atoms with Crippen molar-refractivity contribution in [3.63, 3.8) is 0 Å². The van der Waals surface area contributed by atoms with Crippen LogP contribution in [-0.2, 0) is 23.6 Å². The van der Waals surface area contributed by atoms with Crippen LogP contribution in [0.25, 0.3) is 0 Å². The van der Waals surface area contributed by atoms with Crippen LogP contribution in [0, 0.1) is 5.82 Å². The summed E-state index contributed by atoms with van der Waals surface area (Å²) in [6.07, 6.45) is 4.81. The molecule has 2 rings (SSSR count). The average molecular weight is 269 g/mol. The zero-order valence-corrected chi connectivity index (χ0v) is 10.5. The predicted octanol–water partition coefficient (Wildman–Crippen LogP) is 1.04. The van der Waals surface area contributed by atoms with Gasteiger partial charge in [0, 0.05) is 32.2 Å². The summed E-state index contributed by atoms with van der Waals surface area (Å²) < 4.78 is 41.1. The smallest absolute Gasteiger partial charge is 0.261 e. The Morgan fingerprint density at radius 1 is 1.44 bits per heavy atom. The normalized spacial score (nSPS) is 11.7. The number of sulfonamides is 1. The molecular formula is C11H12FN3O2S. The summed E-state index contributed by atoms with van der Waals surface area (Å²) >= 11 is 0. The Labute approximate surface area is 104 Å². The molecular weight excluding hydrogens is 257 g/mol. The minimum absolute atomic E-state index is 0.0964. The van der Waals surface area contributed by atoms with E-state index >= 15 is 0 Å². The number of halogens is 1. The summed E-state index contributed by atoms with van der Waals surface area (Å²) in [6.45, 7) is 0.0964. The molecule has 0 aliphatic carbocycles. The van der Waals surface area contributed by atoms with E-state index in [0.717, 1.165) is 11.6 Å². The molecule has 0 amide bonds. The lowest BCUT2D eigenvalue weighted by atomic mass is 10.4. The van der Waals surface area contributed by atoms with Crippen molar-refractivity contribution >= 4 is 10.0 Å². The molecule has 18 heavy (non-hydrogen) atoms. The van der Waals surface area contributed by atoms with E-state index in [1.54, 1.807) is 23.0 Å². The molecule has 96 valence electrons. The number of nitrogens with zero attached hydrogens (tertiary/aromatic N) is 2. The molecule has 0 fully saturated rings. The monoisotopic (exact) mass is 269 g/mol. The molecule has 0 spiro atoms. The Bertz CT molecular complexity index is 652. The minimum atomic E-state index is -3.93. The molecule has 2 heterocycles. The maximum absolute atomic E-state index is 13.3. The molecule has 0 aliphatic rings. The van der Waals surface area contributed by atoms with E-state index in [1.807, 2.05) is 7.05 Å². The first-order chi connectivity index (χ1) is 8.49. The third-order valence-corrected chi connectivity index (χ3v) is 3.67. The second kappa shape index (κ2) is 4.87. The molecule has 7 heteroatoms. The maximum Gasteiger partial charge on any atom is 0.261 e. The molecule has 5 nitrogen and oxygen atoms in total. The molecule has 2 aromatic rings. The van der Waals surface area contributed by atoms with E-state index in [-0.39, 0.29) is 6.54 Å². The van der Waals surface area contributed by atoms with Crippen molar-refractivity contribution in [2.75, 3.05) is 0 Å². The molecule has 1 N–H and O–H groups in total. The highest BCUT2D eigenvalue weighted by atomic mass is 32.2. The van der Waals surface area contributed by atoms with Gasteiger partial charge < -0.3 is 4.57 Å². The summed E-state index contributed by atoms with van der Waals surface area (Å²) in [5, 5.41) is -0.582. The van der Waals surface area contributed by atoms with E-state index < -0.39 is 20.9 Å². The van der Waals surface area contributed by atoms with Gasteiger partial charge in [0.1, 0.15) is 0 Å². The topological polar surface area (TPSA) is 64.0 Å². The van der Waals surface area contributed by atoms with Crippen molar-refractivity contribution < 1.29 is 12.8 Å². The Balaban J connectivity index is 2.16. The Kier molecular flexibility index (Phi) is 3.44. The number of pyridine rings is 1. The predicted molar refractivity (Wildman–Crippen MR) is 63.6 cm³/mol. The highest BCUT2D eigenvalue weighted by Gasteiger charge is 2.19. The van der Waals surface area contributed by atoms with Crippen molar-refractivity contribution in [2.45, 2.75) is 11.6 Å². The van der Waals surface area contributed by atoms with Crippen LogP contribution in [-0.4, -0.2) is 18.0 Å². The van der Waals surface area contributed by atoms with E-state index in [1.165, 1.54) is 12.3 Å². The SMILES string of the molecule is Cn1ccc(CNS(=O)(=O)c2ncccc2F)c1. The quantitative estimate of drug-likeness (QED) is 0.902.